The molecule has 1 aliphatic rings. The molecule has 3 nitrogen and oxygen atoms in total. The maximum absolute atomic E-state index is 10.7. The molecule has 1 aromatic carbocycles. The van der Waals surface area contributed by atoms with Gasteiger partial charge in [0.15, 0.2) is 0 Å². The Morgan fingerprint density at radius 1 is 1.29 bits per heavy atom. The highest BCUT2D eigenvalue weighted by Gasteiger charge is 2.34. The summed E-state index contributed by atoms with van der Waals surface area (Å²) in [4.78, 5) is 0. The average Bonchev–Trinajstić information content (AvgIpc) is 2.40. The van der Waals surface area contributed by atoms with Crippen LogP contribution >= 0.6 is 0 Å². The first kappa shape index (κ1) is 12.6. The van der Waals surface area contributed by atoms with Crippen LogP contribution in [0.5, 0.6) is 0 Å². The molecule has 0 radical (unpaired) electrons. The molecule has 1 fully saturated rings. The van der Waals surface area contributed by atoms with Gasteiger partial charge in [0.05, 0.1) is 5.60 Å². The summed E-state index contributed by atoms with van der Waals surface area (Å²) in [5.74, 6) is 0.278. The first-order valence-electron chi connectivity index (χ1n) is 6.24. The van der Waals surface area contributed by atoms with Gasteiger partial charge in [0.25, 0.3) is 0 Å². The molecule has 2 rings (SSSR count). The summed E-state index contributed by atoms with van der Waals surface area (Å²) in [5, 5.41) is 10.7. The molecule has 0 spiro atoms. The second-order valence-electron chi connectivity index (χ2n) is 4.94. The van der Waals surface area contributed by atoms with Crippen molar-refractivity contribution < 1.29 is 9.84 Å². The van der Waals surface area contributed by atoms with Crippen molar-refractivity contribution in [2.24, 2.45) is 11.7 Å². The van der Waals surface area contributed by atoms with Gasteiger partial charge in [-0.25, -0.2) is 0 Å². The van der Waals surface area contributed by atoms with Crippen LogP contribution in [0.3, 0.4) is 0 Å². The van der Waals surface area contributed by atoms with Crippen LogP contribution in [0.2, 0.25) is 0 Å². The fraction of sp³-hybridized carbons (Fsp3) is 0.571. The van der Waals surface area contributed by atoms with Crippen molar-refractivity contribution in [3.63, 3.8) is 0 Å². The van der Waals surface area contributed by atoms with Crippen molar-refractivity contribution in [3.05, 3.63) is 35.4 Å². The Hall–Kier alpha value is -0.900. The molecule has 0 aliphatic carbocycles. The summed E-state index contributed by atoms with van der Waals surface area (Å²) in [6.07, 6.45) is 1.84. The van der Waals surface area contributed by atoms with Gasteiger partial charge in [-0.05, 0) is 36.8 Å². The molecule has 0 saturated carbocycles. The molecule has 0 amide bonds. The van der Waals surface area contributed by atoms with Crippen LogP contribution in [0.25, 0.3) is 0 Å². The van der Waals surface area contributed by atoms with E-state index in [1.54, 1.807) is 0 Å². The lowest BCUT2D eigenvalue weighted by atomic mass is 9.78. The first-order chi connectivity index (χ1) is 8.14. The van der Waals surface area contributed by atoms with Crippen molar-refractivity contribution >= 4 is 0 Å². The van der Waals surface area contributed by atoms with Gasteiger partial charge in [-0.15, -0.1) is 0 Å². The standard InChI is InChI=1S/C14H21NO2/c1-14(16,13-6-8-17-9-7-13)12-4-2-11(10-15)3-5-12/h2-5,13,16H,6-10,15H2,1H3. The second kappa shape index (κ2) is 5.17. The zero-order valence-corrected chi connectivity index (χ0v) is 10.4. The fourth-order valence-electron chi connectivity index (χ4n) is 2.47. The fourth-order valence-corrected chi connectivity index (χ4v) is 2.47. The predicted molar refractivity (Wildman–Crippen MR) is 67.4 cm³/mol. The molecule has 1 aliphatic heterocycles. The molecule has 1 atom stereocenters. The van der Waals surface area contributed by atoms with Crippen LogP contribution in [0, 0.1) is 5.92 Å². The van der Waals surface area contributed by atoms with Gasteiger partial charge >= 0.3 is 0 Å². The molecular formula is C14H21NO2. The number of hydrogen-bond donors (Lipinski definition) is 2. The molecule has 3 N–H and O–H groups in total. The summed E-state index contributed by atoms with van der Waals surface area (Å²) < 4.78 is 5.34. The number of benzene rings is 1. The number of aliphatic hydroxyl groups is 1. The topological polar surface area (TPSA) is 55.5 Å². The highest BCUT2D eigenvalue weighted by atomic mass is 16.5. The SMILES string of the molecule is CC(O)(c1ccc(CN)cc1)C1CCOCC1. The zero-order chi connectivity index (χ0) is 12.3. The van der Waals surface area contributed by atoms with Gasteiger partial charge in [-0.2, -0.15) is 0 Å². The van der Waals surface area contributed by atoms with Crippen molar-refractivity contribution in [3.8, 4) is 0 Å². The lowest BCUT2D eigenvalue weighted by Gasteiger charge is -2.36. The zero-order valence-electron chi connectivity index (χ0n) is 10.4. The first-order valence-corrected chi connectivity index (χ1v) is 6.24. The molecule has 1 unspecified atom stereocenters. The van der Waals surface area contributed by atoms with Crippen molar-refractivity contribution in [2.45, 2.75) is 31.9 Å². The minimum atomic E-state index is -0.767. The van der Waals surface area contributed by atoms with E-state index in [4.69, 9.17) is 10.5 Å². The highest BCUT2D eigenvalue weighted by molar-refractivity contribution is 5.27. The van der Waals surface area contributed by atoms with Gasteiger partial charge < -0.3 is 15.6 Å². The average molecular weight is 235 g/mol. The van der Waals surface area contributed by atoms with E-state index in [9.17, 15) is 5.11 Å². The number of hydrogen-bond acceptors (Lipinski definition) is 3. The number of ether oxygens (including phenoxy) is 1. The van der Waals surface area contributed by atoms with E-state index < -0.39 is 5.60 Å². The van der Waals surface area contributed by atoms with Crippen LogP contribution in [-0.2, 0) is 16.9 Å². The quantitative estimate of drug-likeness (QED) is 0.839. The van der Waals surface area contributed by atoms with E-state index in [2.05, 4.69) is 0 Å². The third-order valence-electron chi connectivity index (χ3n) is 3.79. The number of rotatable bonds is 3. The lowest BCUT2D eigenvalue weighted by molar-refractivity contribution is -0.0579. The normalized spacial score (nSPS) is 21.1. The maximum Gasteiger partial charge on any atom is 0.0898 e. The van der Waals surface area contributed by atoms with Crippen molar-refractivity contribution in [1.82, 2.24) is 0 Å². The van der Waals surface area contributed by atoms with Gasteiger partial charge in [-0.1, -0.05) is 24.3 Å². The van der Waals surface area contributed by atoms with Crippen LogP contribution in [0.4, 0.5) is 0 Å². The van der Waals surface area contributed by atoms with E-state index in [1.807, 2.05) is 31.2 Å². The molecule has 0 aromatic heterocycles. The lowest BCUT2D eigenvalue weighted by Crippen LogP contribution is -2.35. The Labute approximate surface area is 103 Å². The maximum atomic E-state index is 10.7. The smallest absolute Gasteiger partial charge is 0.0898 e. The van der Waals surface area contributed by atoms with E-state index >= 15 is 0 Å². The summed E-state index contributed by atoms with van der Waals surface area (Å²) in [6, 6.07) is 7.95. The predicted octanol–water partition coefficient (Wildman–Crippen LogP) is 1.78. The highest BCUT2D eigenvalue weighted by Crippen LogP contribution is 2.35. The third-order valence-corrected chi connectivity index (χ3v) is 3.79. The molecule has 3 heteroatoms. The second-order valence-corrected chi connectivity index (χ2v) is 4.94. The van der Waals surface area contributed by atoms with Crippen LogP contribution < -0.4 is 5.73 Å². The summed E-state index contributed by atoms with van der Waals surface area (Å²) >= 11 is 0. The Bertz CT molecular complexity index is 353. The van der Waals surface area contributed by atoms with Gasteiger partial charge in [-0.3, -0.25) is 0 Å². The molecule has 1 heterocycles. The molecule has 1 aromatic rings. The molecular weight excluding hydrogens is 214 g/mol. The Kier molecular flexibility index (Phi) is 3.82. The Morgan fingerprint density at radius 2 is 1.88 bits per heavy atom. The monoisotopic (exact) mass is 235 g/mol. The van der Waals surface area contributed by atoms with E-state index in [-0.39, 0.29) is 5.92 Å². The van der Waals surface area contributed by atoms with Crippen molar-refractivity contribution in [1.29, 1.82) is 0 Å². The summed E-state index contributed by atoms with van der Waals surface area (Å²) in [5.41, 5.74) is 6.87. The molecule has 94 valence electrons. The largest absolute Gasteiger partial charge is 0.385 e. The molecule has 1 saturated heterocycles. The van der Waals surface area contributed by atoms with Crippen LogP contribution in [0.1, 0.15) is 30.9 Å². The van der Waals surface area contributed by atoms with Crippen LogP contribution in [0.15, 0.2) is 24.3 Å². The van der Waals surface area contributed by atoms with E-state index in [1.165, 1.54) is 0 Å². The van der Waals surface area contributed by atoms with Crippen LogP contribution in [-0.4, -0.2) is 18.3 Å². The molecule has 0 bridgehead atoms. The number of nitrogens with two attached hydrogens (primary N) is 1. The minimum absolute atomic E-state index is 0.278. The summed E-state index contributed by atoms with van der Waals surface area (Å²) in [7, 11) is 0. The summed E-state index contributed by atoms with van der Waals surface area (Å²) in [6.45, 7) is 3.95. The van der Waals surface area contributed by atoms with E-state index in [0.29, 0.717) is 6.54 Å². The molecule has 17 heavy (non-hydrogen) atoms. The van der Waals surface area contributed by atoms with Gasteiger partial charge in [0.1, 0.15) is 0 Å². The van der Waals surface area contributed by atoms with Crippen molar-refractivity contribution in [2.75, 3.05) is 13.2 Å². The van der Waals surface area contributed by atoms with E-state index in [0.717, 1.165) is 37.2 Å². The Morgan fingerprint density at radius 3 is 2.41 bits per heavy atom. The Balaban J connectivity index is 2.17. The minimum Gasteiger partial charge on any atom is -0.385 e. The van der Waals surface area contributed by atoms with Gasteiger partial charge in [0, 0.05) is 19.8 Å². The third kappa shape index (κ3) is 2.68. The van der Waals surface area contributed by atoms with Gasteiger partial charge in [0.2, 0.25) is 0 Å².